The standard InChI is InChI=1S/C59H51N/c1-7-59(8-2)52-28-15-11-24-47(52)56-46(25-18-29-53(56)59)45-23-12-16-30-55(45)60(41-32-33-44-42-21-9-13-26-49(42)58(5,6)54(44)37-41)40-20-17-19-38(35-40)39-31-34-51-48(36-39)43-22-10-14-27-50(43)57(51,3)4/h9-37H,7-8H2,1-6H3. The van der Waals surface area contributed by atoms with E-state index in [-0.39, 0.29) is 16.2 Å². The lowest BCUT2D eigenvalue weighted by molar-refractivity contribution is 0.490. The van der Waals surface area contributed by atoms with Gasteiger partial charge in [0.1, 0.15) is 0 Å². The molecule has 0 atom stereocenters. The minimum atomic E-state index is -0.128. The summed E-state index contributed by atoms with van der Waals surface area (Å²) in [5.41, 5.74) is 24.8. The van der Waals surface area contributed by atoms with Crippen LogP contribution in [0.25, 0.3) is 55.6 Å². The van der Waals surface area contributed by atoms with Crippen molar-refractivity contribution in [2.24, 2.45) is 0 Å². The molecular formula is C59H51N. The molecule has 8 aromatic carbocycles. The van der Waals surface area contributed by atoms with Crippen molar-refractivity contribution in [2.45, 2.75) is 70.6 Å². The summed E-state index contributed by atoms with van der Waals surface area (Å²) in [4.78, 5) is 2.52. The molecule has 0 spiro atoms. The minimum absolute atomic E-state index is 0.00292. The maximum absolute atomic E-state index is 2.52. The largest absolute Gasteiger partial charge is 0.310 e. The van der Waals surface area contributed by atoms with Crippen LogP contribution in [0.3, 0.4) is 0 Å². The molecule has 8 aromatic rings. The Balaban J connectivity index is 1.13. The quantitative estimate of drug-likeness (QED) is 0.156. The lowest BCUT2D eigenvalue weighted by Crippen LogP contribution is -2.22. The number of hydrogen-bond acceptors (Lipinski definition) is 1. The van der Waals surface area contributed by atoms with Crippen molar-refractivity contribution in [1.82, 2.24) is 0 Å². The van der Waals surface area contributed by atoms with E-state index >= 15 is 0 Å². The summed E-state index contributed by atoms with van der Waals surface area (Å²) in [5, 5.41) is 0. The van der Waals surface area contributed by atoms with E-state index in [1.54, 1.807) is 0 Å². The van der Waals surface area contributed by atoms with Crippen molar-refractivity contribution < 1.29 is 0 Å². The first-order chi connectivity index (χ1) is 29.2. The summed E-state index contributed by atoms with van der Waals surface area (Å²) in [6.45, 7) is 14.2. The number of rotatable bonds is 7. The third kappa shape index (κ3) is 5.05. The van der Waals surface area contributed by atoms with E-state index in [1.807, 2.05) is 0 Å². The van der Waals surface area contributed by atoms with Crippen LogP contribution in [-0.4, -0.2) is 0 Å². The predicted molar refractivity (Wildman–Crippen MR) is 254 cm³/mol. The fourth-order valence-electron chi connectivity index (χ4n) is 11.6. The van der Waals surface area contributed by atoms with Gasteiger partial charge in [0.05, 0.1) is 5.69 Å². The van der Waals surface area contributed by atoms with Crippen molar-refractivity contribution in [3.05, 3.63) is 209 Å². The summed E-state index contributed by atoms with van der Waals surface area (Å²) in [6, 6.07) is 66.7. The summed E-state index contributed by atoms with van der Waals surface area (Å²) >= 11 is 0. The number of anilines is 3. The second-order valence-electron chi connectivity index (χ2n) is 18.3. The van der Waals surface area contributed by atoms with Crippen LogP contribution >= 0.6 is 0 Å². The Kier molecular flexibility index (Phi) is 8.11. The van der Waals surface area contributed by atoms with Gasteiger partial charge < -0.3 is 4.90 Å². The van der Waals surface area contributed by atoms with Crippen molar-refractivity contribution in [3.8, 4) is 55.6 Å². The Morgan fingerprint density at radius 2 is 0.867 bits per heavy atom. The van der Waals surface area contributed by atoms with Crippen LogP contribution in [0.5, 0.6) is 0 Å². The summed E-state index contributed by atoms with van der Waals surface area (Å²) in [6.07, 6.45) is 2.13. The molecule has 0 radical (unpaired) electrons. The van der Waals surface area contributed by atoms with Gasteiger partial charge >= 0.3 is 0 Å². The number of hydrogen-bond donors (Lipinski definition) is 0. The first kappa shape index (κ1) is 36.6. The second-order valence-corrected chi connectivity index (χ2v) is 18.3. The molecule has 0 amide bonds. The minimum Gasteiger partial charge on any atom is -0.310 e. The Morgan fingerprint density at radius 1 is 0.350 bits per heavy atom. The van der Waals surface area contributed by atoms with Crippen molar-refractivity contribution >= 4 is 17.1 Å². The molecule has 0 fully saturated rings. The normalized spacial score (nSPS) is 15.4. The van der Waals surface area contributed by atoms with Crippen molar-refractivity contribution in [1.29, 1.82) is 0 Å². The van der Waals surface area contributed by atoms with Gasteiger partial charge in [0.25, 0.3) is 0 Å². The molecule has 0 aromatic heterocycles. The van der Waals surface area contributed by atoms with E-state index in [0.29, 0.717) is 0 Å². The molecule has 0 bridgehead atoms. The number of benzene rings is 8. The third-order valence-electron chi connectivity index (χ3n) is 14.8. The summed E-state index contributed by atoms with van der Waals surface area (Å²) < 4.78 is 0. The van der Waals surface area contributed by atoms with Gasteiger partial charge in [0.15, 0.2) is 0 Å². The molecule has 0 unspecified atom stereocenters. The molecule has 11 rings (SSSR count). The average Bonchev–Trinajstić information content (AvgIpc) is 3.81. The number of fused-ring (bicyclic) bond motifs is 9. The Morgan fingerprint density at radius 3 is 1.60 bits per heavy atom. The molecule has 0 heterocycles. The lowest BCUT2D eigenvalue weighted by atomic mass is 9.73. The molecule has 3 aliphatic rings. The van der Waals surface area contributed by atoms with E-state index in [2.05, 4.69) is 222 Å². The predicted octanol–water partition coefficient (Wildman–Crippen LogP) is 16.2. The van der Waals surface area contributed by atoms with Gasteiger partial charge in [0.2, 0.25) is 0 Å². The van der Waals surface area contributed by atoms with Crippen LogP contribution in [0.2, 0.25) is 0 Å². The highest BCUT2D eigenvalue weighted by Crippen LogP contribution is 2.57. The van der Waals surface area contributed by atoms with Crippen molar-refractivity contribution in [3.63, 3.8) is 0 Å². The molecule has 0 saturated carbocycles. The van der Waals surface area contributed by atoms with E-state index in [1.165, 1.54) is 94.7 Å². The lowest BCUT2D eigenvalue weighted by Gasteiger charge is -2.31. The average molecular weight is 774 g/mol. The van der Waals surface area contributed by atoms with Crippen LogP contribution < -0.4 is 4.90 Å². The molecule has 0 N–H and O–H groups in total. The number of para-hydroxylation sites is 1. The van der Waals surface area contributed by atoms with Gasteiger partial charge in [-0.05, 0) is 133 Å². The smallest absolute Gasteiger partial charge is 0.0540 e. The van der Waals surface area contributed by atoms with Crippen LogP contribution in [0.1, 0.15) is 87.8 Å². The summed E-state index contributed by atoms with van der Waals surface area (Å²) in [7, 11) is 0. The molecular weight excluding hydrogens is 723 g/mol. The fraction of sp³-hybridized carbons (Fsp3) is 0.186. The highest BCUT2D eigenvalue weighted by Gasteiger charge is 2.42. The highest BCUT2D eigenvalue weighted by molar-refractivity contribution is 5.99. The molecule has 0 saturated heterocycles. The van der Waals surface area contributed by atoms with Gasteiger partial charge in [-0.1, -0.05) is 181 Å². The molecule has 60 heavy (non-hydrogen) atoms. The first-order valence-electron chi connectivity index (χ1n) is 21.9. The summed E-state index contributed by atoms with van der Waals surface area (Å²) in [5.74, 6) is 0. The van der Waals surface area contributed by atoms with Crippen LogP contribution in [0.15, 0.2) is 176 Å². The topological polar surface area (TPSA) is 3.24 Å². The van der Waals surface area contributed by atoms with Crippen LogP contribution in [0.4, 0.5) is 17.1 Å². The van der Waals surface area contributed by atoms with E-state index in [9.17, 15) is 0 Å². The zero-order valence-corrected chi connectivity index (χ0v) is 35.6. The van der Waals surface area contributed by atoms with Gasteiger partial charge in [0, 0.05) is 33.2 Å². The molecule has 1 heteroatoms. The molecule has 292 valence electrons. The molecule has 3 aliphatic carbocycles. The second kappa shape index (κ2) is 13.3. The number of nitrogens with zero attached hydrogens (tertiary/aromatic N) is 1. The fourth-order valence-corrected chi connectivity index (χ4v) is 11.6. The molecule has 0 aliphatic heterocycles. The SMILES string of the molecule is CCC1(CC)c2ccccc2-c2c(-c3ccccc3N(c3cccc(-c4ccc5c(c4)-c4ccccc4C5(C)C)c3)c3ccc4c(c3)C(C)(C)c3ccccc3-4)cccc21. The first-order valence-corrected chi connectivity index (χ1v) is 21.9. The Labute approximate surface area is 356 Å². The zero-order valence-electron chi connectivity index (χ0n) is 35.6. The van der Waals surface area contributed by atoms with E-state index in [4.69, 9.17) is 0 Å². The Bertz CT molecular complexity index is 3030. The maximum Gasteiger partial charge on any atom is 0.0540 e. The molecule has 1 nitrogen and oxygen atoms in total. The van der Waals surface area contributed by atoms with E-state index < -0.39 is 0 Å². The van der Waals surface area contributed by atoms with E-state index in [0.717, 1.165) is 24.2 Å². The Hall–Kier alpha value is -6.44. The third-order valence-corrected chi connectivity index (χ3v) is 14.8. The monoisotopic (exact) mass is 773 g/mol. The maximum atomic E-state index is 2.52. The van der Waals surface area contributed by atoms with Crippen LogP contribution in [-0.2, 0) is 16.2 Å². The zero-order chi connectivity index (χ0) is 41.0. The van der Waals surface area contributed by atoms with Gasteiger partial charge in [-0.2, -0.15) is 0 Å². The van der Waals surface area contributed by atoms with Gasteiger partial charge in [-0.3, -0.25) is 0 Å². The van der Waals surface area contributed by atoms with Crippen LogP contribution in [0, 0.1) is 0 Å². The van der Waals surface area contributed by atoms with Gasteiger partial charge in [-0.25, -0.2) is 0 Å². The van der Waals surface area contributed by atoms with Crippen molar-refractivity contribution in [2.75, 3.05) is 4.90 Å². The highest BCUT2D eigenvalue weighted by atomic mass is 15.1. The van der Waals surface area contributed by atoms with Gasteiger partial charge in [-0.15, -0.1) is 0 Å².